The summed E-state index contributed by atoms with van der Waals surface area (Å²) in [4.78, 5) is 0. The van der Waals surface area contributed by atoms with Gasteiger partial charge in [-0.1, -0.05) is 13.8 Å². The summed E-state index contributed by atoms with van der Waals surface area (Å²) in [5.74, 6) is -0.0934. The Morgan fingerprint density at radius 3 is 2.65 bits per heavy atom. The summed E-state index contributed by atoms with van der Waals surface area (Å²) in [5.41, 5.74) is 0.731. The summed E-state index contributed by atoms with van der Waals surface area (Å²) < 4.78 is 33.4. The molecular formula is C11H21N5O3S. The number of nitrogens with one attached hydrogen (secondary N) is 1. The van der Waals surface area contributed by atoms with E-state index in [9.17, 15) is 8.42 Å². The number of nitrogens with zero attached hydrogens (tertiary/aromatic N) is 4. The van der Waals surface area contributed by atoms with Crippen molar-refractivity contribution in [2.45, 2.75) is 25.9 Å². The van der Waals surface area contributed by atoms with E-state index in [0.717, 1.165) is 5.69 Å². The molecule has 0 saturated carbocycles. The summed E-state index contributed by atoms with van der Waals surface area (Å²) in [5, 5.41) is 10.4. The van der Waals surface area contributed by atoms with Crippen LogP contribution in [0.3, 0.4) is 0 Å². The molecule has 0 radical (unpaired) electrons. The van der Waals surface area contributed by atoms with Crippen molar-refractivity contribution in [1.82, 2.24) is 24.0 Å². The molecule has 0 unspecified atom stereocenters. The zero-order valence-electron chi connectivity index (χ0n) is 12.0. The first-order chi connectivity index (χ1) is 9.54. The van der Waals surface area contributed by atoms with E-state index in [1.165, 1.54) is 8.61 Å². The molecule has 2 atom stereocenters. The van der Waals surface area contributed by atoms with Crippen molar-refractivity contribution in [2.24, 2.45) is 0 Å². The molecule has 0 amide bonds. The van der Waals surface area contributed by atoms with E-state index in [2.05, 4.69) is 15.4 Å². The van der Waals surface area contributed by atoms with Crippen LogP contribution in [0.15, 0.2) is 6.20 Å². The predicted octanol–water partition coefficient (Wildman–Crippen LogP) is -0.194. The second-order valence-corrected chi connectivity index (χ2v) is 6.61. The Morgan fingerprint density at radius 2 is 2.15 bits per heavy atom. The zero-order valence-corrected chi connectivity index (χ0v) is 12.8. The van der Waals surface area contributed by atoms with Crippen LogP contribution >= 0.6 is 0 Å². The van der Waals surface area contributed by atoms with E-state index in [1.807, 2.05) is 13.8 Å². The smallest absolute Gasteiger partial charge is 0.282 e. The van der Waals surface area contributed by atoms with Crippen LogP contribution in [0.2, 0.25) is 0 Å². The molecule has 1 aromatic heterocycles. The number of H-pyrrole nitrogens is 1. The minimum atomic E-state index is -3.44. The Labute approximate surface area is 119 Å². The fourth-order valence-corrected chi connectivity index (χ4v) is 4.22. The molecule has 8 nitrogen and oxygen atoms in total. The molecule has 20 heavy (non-hydrogen) atoms. The van der Waals surface area contributed by atoms with Crippen molar-refractivity contribution >= 4 is 10.2 Å². The second-order valence-electron chi connectivity index (χ2n) is 4.68. The van der Waals surface area contributed by atoms with Crippen molar-refractivity contribution in [1.29, 1.82) is 0 Å². The Hall–Kier alpha value is -1.03. The van der Waals surface area contributed by atoms with Gasteiger partial charge in [0.1, 0.15) is 0 Å². The topological polar surface area (TPSA) is 91.4 Å². The summed E-state index contributed by atoms with van der Waals surface area (Å²) in [7, 11) is -1.85. The van der Waals surface area contributed by atoms with Gasteiger partial charge in [-0.05, 0) is 0 Å². The Bertz CT molecular complexity index is 514. The van der Waals surface area contributed by atoms with Gasteiger partial charge in [-0.2, -0.15) is 32.4 Å². The molecule has 0 spiro atoms. The molecule has 1 N–H and O–H groups in total. The lowest BCUT2D eigenvalue weighted by molar-refractivity contribution is 0.101. The van der Waals surface area contributed by atoms with Crippen LogP contribution in [0.1, 0.15) is 25.5 Å². The highest BCUT2D eigenvalue weighted by Crippen LogP contribution is 2.30. The molecule has 1 fully saturated rings. The van der Waals surface area contributed by atoms with Crippen LogP contribution in [0, 0.1) is 0 Å². The third-order valence-corrected chi connectivity index (χ3v) is 5.83. The minimum absolute atomic E-state index is 0.0934. The van der Waals surface area contributed by atoms with Crippen molar-refractivity contribution in [3.63, 3.8) is 0 Å². The first kappa shape index (κ1) is 15.4. The maximum absolute atomic E-state index is 12.5. The molecule has 0 aromatic carbocycles. The quantitative estimate of drug-likeness (QED) is 0.786. The first-order valence-corrected chi connectivity index (χ1v) is 8.07. The van der Waals surface area contributed by atoms with Gasteiger partial charge in [-0.25, -0.2) is 0 Å². The number of hydrogen-bond acceptors (Lipinski definition) is 5. The lowest BCUT2D eigenvalue weighted by Gasteiger charge is -2.25. The van der Waals surface area contributed by atoms with Crippen molar-refractivity contribution < 1.29 is 13.2 Å². The Kier molecular flexibility index (Phi) is 4.74. The van der Waals surface area contributed by atoms with Crippen LogP contribution < -0.4 is 0 Å². The molecule has 0 bridgehead atoms. The van der Waals surface area contributed by atoms with Crippen molar-refractivity contribution in [3.05, 3.63) is 11.9 Å². The summed E-state index contributed by atoms with van der Waals surface area (Å²) in [6.45, 7) is 5.29. The van der Waals surface area contributed by atoms with Gasteiger partial charge in [0, 0.05) is 39.2 Å². The lowest BCUT2D eigenvalue weighted by atomic mass is 10.0. The zero-order chi connectivity index (χ0) is 14.8. The van der Waals surface area contributed by atoms with Crippen LogP contribution in [-0.2, 0) is 14.9 Å². The average molecular weight is 303 g/mol. The lowest BCUT2D eigenvalue weighted by Crippen LogP contribution is -2.43. The molecule has 2 rings (SSSR count). The standard InChI is InChI=1S/C11H21N5O3S/c1-4-15(5-2)20(17,18)16-7-9(11(8-16)19-3)10-6-12-14-13-10/h6,9,11H,4-5,7-8H2,1-3H3,(H,12,13,14)/t9-,11+/m0/s1. The highest BCUT2D eigenvalue weighted by molar-refractivity contribution is 7.86. The fraction of sp³-hybridized carbons (Fsp3) is 0.818. The number of aromatic amines is 1. The molecular weight excluding hydrogens is 282 g/mol. The minimum Gasteiger partial charge on any atom is -0.379 e. The molecule has 1 aliphatic heterocycles. The van der Waals surface area contributed by atoms with Gasteiger partial charge in [0.05, 0.1) is 18.0 Å². The van der Waals surface area contributed by atoms with Crippen LogP contribution in [-0.4, -0.2) is 71.8 Å². The van der Waals surface area contributed by atoms with Crippen molar-refractivity contribution in [2.75, 3.05) is 33.3 Å². The normalized spacial score (nSPS) is 24.6. The molecule has 114 valence electrons. The van der Waals surface area contributed by atoms with E-state index in [1.54, 1.807) is 13.3 Å². The predicted molar refractivity (Wildman–Crippen MR) is 73.3 cm³/mol. The van der Waals surface area contributed by atoms with E-state index in [-0.39, 0.29) is 12.0 Å². The van der Waals surface area contributed by atoms with Gasteiger partial charge in [0.25, 0.3) is 10.2 Å². The number of hydrogen-bond donors (Lipinski definition) is 1. The highest BCUT2D eigenvalue weighted by atomic mass is 32.2. The third kappa shape index (κ3) is 2.71. The third-order valence-electron chi connectivity index (χ3n) is 3.71. The van der Waals surface area contributed by atoms with Gasteiger partial charge in [-0.15, -0.1) is 0 Å². The van der Waals surface area contributed by atoms with Crippen LogP contribution in [0.5, 0.6) is 0 Å². The van der Waals surface area contributed by atoms with Crippen molar-refractivity contribution in [3.8, 4) is 0 Å². The van der Waals surface area contributed by atoms with E-state index < -0.39 is 10.2 Å². The van der Waals surface area contributed by atoms with E-state index >= 15 is 0 Å². The van der Waals surface area contributed by atoms with E-state index in [0.29, 0.717) is 26.2 Å². The Morgan fingerprint density at radius 1 is 1.45 bits per heavy atom. The molecule has 1 saturated heterocycles. The summed E-state index contributed by atoms with van der Waals surface area (Å²) in [6, 6.07) is 0. The largest absolute Gasteiger partial charge is 0.379 e. The fourth-order valence-electron chi connectivity index (χ4n) is 2.55. The van der Waals surface area contributed by atoms with Crippen LogP contribution in [0.4, 0.5) is 0 Å². The monoisotopic (exact) mass is 303 g/mol. The summed E-state index contributed by atoms with van der Waals surface area (Å²) >= 11 is 0. The van der Waals surface area contributed by atoms with Gasteiger partial charge in [0.15, 0.2) is 0 Å². The number of ether oxygens (including phenoxy) is 1. The van der Waals surface area contributed by atoms with E-state index in [4.69, 9.17) is 4.74 Å². The number of rotatable bonds is 6. The van der Waals surface area contributed by atoms with Gasteiger partial charge < -0.3 is 4.74 Å². The van der Waals surface area contributed by atoms with Gasteiger partial charge >= 0.3 is 0 Å². The van der Waals surface area contributed by atoms with Crippen LogP contribution in [0.25, 0.3) is 0 Å². The SMILES string of the molecule is CCN(CC)S(=O)(=O)N1C[C@@H](OC)[C@H](c2cn[nH]n2)C1. The molecule has 2 heterocycles. The number of methoxy groups -OCH3 is 1. The Balaban J connectivity index is 2.20. The second kappa shape index (κ2) is 6.17. The maximum atomic E-state index is 12.5. The highest BCUT2D eigenvalue weighted by Gasteiger charge is 2.42. The maximum Gasteiger partial charge on any atom is 0.282 e. The number of aromatic nitrogens is 3. The van der Waals surface area contributed by atoms with Gasteiger partial charge in [0.2, 0.25) is 0 Å². The molecule has 1 aromatic rings. The molecule has 1 aliphatic rings. The molecule has 0 aliphatic carbocycles. The first-order valence-electron chi connectivity index (χ1n) is 6.68. The van der Waals surface area contributed by atoms with Gasteiger partial charge in [-0.3, -0.25) is 0 Å². The average Bonchev–Trinajstić information content (AvgIpc) is 3.08. The summed E-state index contributed by atoms with van der Waals surface area (Å²) in [6.07, 6.45) is 1.41. The molecule has 9 heteroatoms.